The zero-order valence-corrected chi connectivity index (χ0v) is 13.3. The van der Waals surface area contributed by atoms with Gasteiger partial charge in [-0.2, -0.15) is 0 Å². The summed E-state index contributed by atoms with van der Waals surface area (Å²) in [6.45, 7) is 4.58. The highest BCUT2D eigenvalue weighted by Crippen LogP contribution is 2.17. The molecule has 122 valence electrons. The molecule has 0 saturated carbocycles. The molecule has 0 radical (unpaired) electrons. The Morgan fingerprint density at radius 1 is 1.17 bits per heavy atom. The van der Waals surface area contributed by atoms with E-state index in [1.807, 2.05) is 38.1 Å². The first kappa shape index (κ1) is 16.8. The molecule has 0 heterocycles. The minimum absolute atomic E-state index is 0.147. The maximum atomic E-state index is 13.5. The number of carbonyl (C=O) groups is 1. The number of hydrogen-bond acceptors (Lipinski definition) is 2. The molecule has 5 heteroatoms. The fraction of sp³-hybridized carbons (Fsp3) is 0.278. The first-order valence-electron chi connectivity index (χ1n) is 7.60. The third-order valence-electron chi connectivity index (χ3n) is 3.44. The van der Waals surface area contributed by atoms with Gasteiger partial charge in [-0.15, -0.1) is 0 Å². The first-order valence-corrected chi connectivity index (χ1v) is 7.60. The van der Waals surface area contributed by atoms with Gasteiger partial charge in [0.2, 0.25) is 0 Å². The number of nitrogens with one attached hydrogen (secondary N) is 2. The van der Waals surface area contributed by atoms with Crippen molar-refractivity contribution in [1.29, 1.82) is 0 Å². The van der Waals surface area contributed by atoms with E-state index in [2.05, 4.69) is 10.6 Å². The van der Waals surface area contributed by atoms with E-state index in [-0.39, 0.29) is 24.4 Å². The van der Waals surface area contributed by atoms with Crippen LogP contribution in [0.2, 0.25) is 0 Å². The Bertz CT molecular complexity index is 644. The Hall–Kier alpha value is -2.56. The Labute approximate surface area is 135 Å². The number of amides is 2. The monoisotopic (exact) mass is 316 g/mol. The van der Waals surface area contributed by atoms with Gasteiger partial charge in [-0.25, -0.2) is 9.18 Å². The quantitative estimate of drug-likeness (QED) is 0.852. The van der Waals surface area contributed by atoms with E-state index in [1.165, 1.54) is 6.07 Å². The van der Waals surface area contributed by atoms with Gasteiger partial charge in [-0.1, -0.05) is 30.3 Å². The molecule has 2 aromatic rings. The van der Waals surface area contributed by atoms with Crippen molar-refractivity contribution >= 4 is 6.03 Å². The molecule has 2 aromatic carbocycles. The average Bonchev–Trinajstić information content (AvgIpc) is 2.55. The van der Waals surface area contributed by atoms with Crippen molar-refractivity contribution in [2.45, 2.75) is 26.4 Å². The number of ether oxygens (including phenoxy) is 1. The topological polar surface area (TPSA) is 50.4 Å². The molecule has 2 N–H and O–H groups in total. The zero-order chi connectivity index (χ0) is 16.7. The van der Waals surface area contributed by atoms with Crippen LogP contribution in [0.15, 0.2) is 48.5 Å². The number of halogens is 1. The minimum atomic E-state index is -0.338. The van der Waals surface area contributed by atoms with E-state index in [1.54, 1.807) is 18.2 Å². The molecule has 0 aliphatic rings. The predicted octanol–water partition coefficient (Wildman–Crippen LogP) is 3.78. The van der Waals surface area contributed by atoms with Crippen LogP contribution in [0, 0.1) is 5.82 Å². The lowest BCUT2D eigenvalue weighted by atomic mass is 10.1. The summed E-state index contributed by atoms with van der Waals surface area (Å²) in [6, 6.07) is 13.4. The largest absolute Gasteiger partial charge is 0.494 e. The van der Waals surface area contributed by atoms with Crippen molar-refractivity contribution in [3.8, 4) is 5.75 Å². The molecule has 0 unspecified atom stereocenters. The van der Waals surface area contributed by atoms with E-state index >= 15 is 0 Å². The number of carbonyl (C=O) groups excluding carboxylic acids is 1. The molecule has 4 nitrogen and oxygen atoms in total. The summed E-state index contributed by atoms with van der Waals surface area (Å²) in [5.74, 6) is 0.472. The number of rotatable bonds is 6. The fourth-order valence-electron chi connectivity index (χ4n) is 2.17. The van der Waals surface area contributed by atoms with Crippen molar-refractivity contribution in [3.05, 3.63) is 65.5 Å². The lowest BCUT2D eigenvalue weighted by Crippen LogP contribution is -2.36. The second-order valence-corrected chi connectivity index (χ2v) is 5.14. The summed E-state index contributed by atoms with van der Waals surface area (Å²) in [5.41, 5.74) is 1.42. The molecule has 2 rings (SSSR count). The van der Waals surface area contributed by atoms with E-state index in [0.717, 1.165) is 11.3 Å². The Morgan fingerprint density at radius 2 is 1.87 bits per heavy atom. The first-order chi connectivity index (χ1) is 11.1. The molecule has 0 aromatic heterocycles. The van der Waals surface area contributed by atoms with Crippen LogP contribution in [0.5, 0.6) is 5.75 Å². The molecular weight excluding hydrogens is 295 g/mol. The van der Waals surface area contributed by atoms with E-state index in [0.29, 0.717) is 12.2 Å². The molecule has 23 heavy (non-hydrogen) atoms. The maximum Gasteiger partial charge on any atom is 0.315 e. The molecule has 0 spiro atoms. The summed E-state index contributed by atoms with van der Waals surface area (Å²) >= 11 is 0. The van der Waals surface area contributed by atoms with Crippen LogP contribution in [0.3, 0.4) is 0 Å². The maximum absolute atomic E-state index is 13.5. The van der Waals surface area contributed by atoms with Crippen LogP contribution < -0.4 is 15.4 Å². The SMILES string of the molecule is CCOc1ccc([C@@H](C)NC(=O)NCc2ccccc2F)cc1. The number of urea groups is 1. The van der Waals surface area contributed by atoms with Crippen molar-refractivity contribution < 1.29 is 13.9 Å². The summed E-state index contributed by atoms with van der Waals surface area (Å²) < 4.78 is 18.9. The van der Waals surface area contributed by atoms with Gasteiger partial charge in [0.1, 0.15) is 11.6 Å². The van der Waals surface area contributed by atoms with Gasteiger partial charge in [0.15, 0.2) is 0 Å². The predicted molar refractivity (Wildman–Crippen MR) is 87.8 cm³/mol. The summed E-state index contributed by atoms with van der Waals surface area (Å²) in [5, 5.41) is 5.48. The summed E-state index contributed by atoms with van der Waals surface area (Å²) in [6.07, 6.45) is 0. The summed E-state index contributed by atoms with van der Waals surface area (Å²) in [4.78, 5) is 11.9. The highest BCUT2D eigenvalue weighted by molar-refractivity contribution is 5.74. The molecular formula is C18H21FN2O2. The second-order valence-electron chi connectivity index (χ2n) is 5.14. The highest BCUT2D eigenvalue weighted by Gasteiger charge is 2.10. The lowest BCUT2D eigenvalue weighted by molar-refractivity contribution is 0.237. The van der Waals surface area contributed by atoms with E-state index in [9.17, 15) is 9.18 Å². The standard InChI is InChI=1S/C18H21FN2O2/c1-3-23-16-10-8-14(9-11-16)13(2)21-18(22)20-12-15-6-4-5-7-17(15)19/h4-11,13H,3,12H2,1-2H3,(H2,20,21,22)/t13-/m1/s1. The van der Waals surface area contributed by atoms with Crippen LogP contribution in [-0.2, 0) is 6.54 Å². The van der Waals surface area contributed by atoms with Crippen molar-refractivity contribution in [2.24, 2.45) is 0 Å². The Kier molecular flexibility index (Phi) is 5.97. The minimum Gasteiger partial charge on any atom is -0.494 e. The van der Waals surface area contributed by atoms with Crippen LogP contribution in [0.4, 0.5) is 9.18 Å². The second kappa shape index (κ2) is 8.17. The highest BCUT2D eigenvalue weighted by atomic mass is 19.1. The van der Waals surface area contributed by atoms with E-state index < -0.39 is 0 Å². The molecule has 1 atom stereocenters. The third kappa shape index (κ3) is 4.98. The Morgan fingerprint density at radius 3 is 2.52 bits per heavy atom. The van der Waals surface area contributed by atoms with Gasteiger partial charge in [0.05, 0.1) is 12.6 Å². The molecule has 0 aliphatic heterocycles. The molecule has 2 amide bonds. The van der Waals surface area contributed by atoms with Gasteiger partial charge in [0.25, 0.3) is 0 Å². The van der Waals surface area contributed by atoms with E-state index in [4.69, 9.17) is 4.74 Å². The lowest BCUT2D eigenvalue weighted by Gasteiger charge is -2.16. The molecule has 0 fully saturated rings. The Balaban J connectivity index is 1.85. The number of hydrogen-bond donors (Lipinski definition) is 2. The smallest absolute Gasteiger partial charge is 0.315 e. The van der Waals surface area contributed by atoms with Crippen LogP contribution in [-0.4, -0.2) is 12.6 Å². The van der Waals surface area contributed by atoms with Crippen LogP contribution in [0.25, 0.3) is 0 Å². The zero-order valence-electron chi connectivity index (χ0n) is 13.3. The van der Waals surface area contributed by atoms with Crippen LogP contribution >= 0.6 is 0 Å². The average molecular weight is 316 g/mol. The van der Waals surface area contributed by atoms with Gasteiger partial charge >= 0.3 is 6.03 Å². The van der Waals surface area contributed by atoms with Crippen LogP contribution in [0.1, 0.15) is 31.0 Å². The van der Waals surface area contributed by atoms with Gasteiger partial charge < -0.3 is 15.4 Å². The molecule has 0 saturated heterocycles. The molecule has 0 bridgehead atoms. The van der Waals surface area contributed by atoms with Gasteiger partial charge in [-0.05, 0) is 37.6 Å². The fourth-order valence-corrected chi connectivity index (χ4v) is 2.17. The third-order valence-corrected chi connectivity index (χ3v) is 3.44. The van der Waals surface area contributed by atoms with Gasteiger partial charge in [0, 0.05) is 12.1 Å². The summed E-state index contributed by atoms with van der Waals surface area (Å²) in [7, 11) is 0. The van der Waals surface area contributed by atoms with Crippen molar-refractivity contribution in [1.82, 2.24) is 10.6 Å². The van der Waals surface area contributed by atoms with Gasteiger partial charge in [-0.3, -0.25) is 0 Å². The number of benzene rings is 2. The van der Waals surface area contributed by atoms with Crippen molar-refractivity contribution in [2.75, 3.05) is 6.61 Å². The van der Waals surface area contributed by atoms with Crippen molar-refractivity contribution in [3.63, 3.8) is 0 Å². The normalized spacial score (nSPS) is 11.6. The molecule has 0 aliphatic carbocycles.